The third-order valence-corrected chi connectivity index (χ3v) is 3.47. The molecule has 1 atom stereocenters. The van der Waals surface area contributed by atoms with Gasteiger partial charge in [0.15, 0.2) is 0 Å². The van der Waals surface area contributed by atoms with Crippen molar-refractivity contribution in [3.05, 3.63) is 29.3 Å². The van der Waals surface area contributed by atoms with E-state index in [4.69, 9.17) is 21.4 Å². The lowest BCUT2D eigenvalue weighted by atomic mass is 10.1. The van der Waals surface area contributed by atoms with Gasteiger partial charge in [0.1, 0.15) is 5.75 Å². The predicted molar refractivity (Wildman–Crippen MR) is 80.4 cm³/mol. The van der Waals surface area contributed by atoms with Crippen LogP contribution in [0.4, 0.5) is 0 Å². The van der Waals surface area contributed by atoms with E-state index >= 15 is 0 Å². The first-order valence-electron chi connectivity index (χ1n) is 6.39. The Labute approximate surface area is 124 Å². The lowest BCUT2D eigenvalue weighted by Gasteiger charge is -2.07. The molecule has 106 valence electrons. The molecule has 0 fully saturated rings. The molecule has 0 saturated carbocycles. The average molecular weight is 303 g/mol. The Bertz CT molecular complexity index is 381. The number of ether oxygens (including phenoxy) is 1. The van der Waals surface area contributed by atoms with Crippen molar-refractivity contribution in [2.24, 2.45) is 0 Å². The molecule has 5 heteroatoms. The smallest absolute Gasteiger partial charge is 0.316 e. The summed E-state index contributed by atoms with van der Waals surface area (Å²) in [5.74, 6) is -0.0138. The Morgan fingerprint density at radius 2 is 1.84 bits per heavy atom. The Balaban J connectivity index is 1.99. The molecule has 1 aromatic carbocycles. The van der Waals surface area contributed by atoms with Crippen LogP contribution in [0.1, 0.15) is 32.1 Å². The van der Waals surface area contributed by atoms with Gasteiger partial charge >= 0.3 is 5.97 Å². The molecule has 19 heavy (non-hydrogen) atoms. The molecule has 0 aliphatic heterocycles. The SMILES string of the molecule is O=C(O)C(S)CCCCCCOc1ccc(Cl)cc1. The van der Waals surface area contributed by atoms with Crippen molar-refractivity contribution in [2.75, 3.05) is 6.61 Å². The van der Waals surface area contributed by atoms with Gasteiger partial charge in [-0.1, -0.05) is 30.9 Å². The van der Waals surface area contributed by atoms with Gasteiger partial charge in [0.25, 0.3) is 0 Å². The number of unbranched alkanes of at least 4 members (excludes halogenated alkanes) is 3. The van der Waals surface area contributed by atoms with Crippen molar-refractivity contribution in [3.8, 4) is 5.75 Å². The molecule has 0 aliphatic carbocycles. The fraction of sp³-hybridized carbons (Fsp3) is 0.500. The van der Waals surface area contributed by atoms with E-state index in [1.54, 1.807) is 12.1 Å². The van der Waals surface area contributed by atoms with E-state index < -0.39 is 11.2 Å². The fourth-order valence-electron chi connectivity index (χ4n) is 1.64. The molecule has 0 aromatic heterocycles. The highest BCUT2D eigenvalue weighted by Crippen LogP contribution is 2.16. The zero-order valence-electron chi connectivity index (χ0n) is 10.7. The maximum Gasteiger partial charge on any atom is 0.316 e. The number of carbonyl (C=O) groups is 1. The molecule has 1 rings (SSSR count). The quantitative estimate of drug-likeness (QED) is 0.534. The maximum atomic E-state index is 10.5. The molecular formula is C14H19ClO3S. The van der Waals surface area contributed by atoms with E-state index in [0.717, 1.165) is 31.4 Å². The number of hydrogen-bond donors (Lipinski definition) is 2. The second-order valence-corrected chi connectivity index (χ2v) is 5.42. The van der Waals surface area contributed by atoms with Gasteiger partial charge in [0.05, 0.1) is 11.9 Å². The minimum absolute atomic E-state index is 0.537. The van der Waals surface area contributed by atoms with E-state index in [-0.39, 0.29) is 0 Å². The number of rotatable bonds is 9. The van der Waals surface area contributed by atoms with Gasteiger partial charge in [-0.2, -0.15) is 12.6 Å². The number of thiol groups is 1. The lowest BCUT2D eigenvalue weighted by molar-refractivity contribution is -0.136. The van der Waals surface area contributed by atoms with E-state index in [0.29, 0.717) is 18.1 Å². The molecule has 0 radical (unpaired) electrons. The third-order valence-electron chi connectivity index (χ3n) is 2.74. The van der Waals surface area contributed by atoms with Crippen molar-refractivity contribution >= 4 is 30.2 Å². The number of aliphatic carboxylic acids is 1. The number of carboxylic acid groups (broad SMARTS) is 1. The standard InChI is InChI=1S/C14H19ClO3S/c15-11-6-8-12(9-7-11)18-10-4-2-1-3-5-13(19)14(16)17/h6-9,13,19H,1-5,10H2,(H,16,17). The zero-order chi connectivity index (χ0) is 14.1. The second kappa shape index (κ2) is 9.10. The average Bonchev–Trinajstić information content (AvgIpc) is 2.39. The summed E-state index contributed by atoms with van der Waals surface area (Å²) in [5, 5.41) is 8.83. The van der Waals surface area contributed by atoms with Gasteiger partial charge in [0, 0.05) is 5.02 Å². The highest BCUT2D eigenvalue weighted by atomic mass is 35.5. The molecule has 3 nitrogen and oxygen atoms in total. The van der Waals surface area contributed by atoms with Crippen LogP contribution in [0.3, 0.4) is 0 Å². The third kappa shape index (κ3) is 7.33. The van der Waals surface area contributed by atoms with Crippen LogP contribution < -0.4 is 4.74 Å². The predicted octanol–water partition coefficient (Wildman–Crippen LogP) is 4.05. The molecule has 0 amide bonds. The number of hydrogen-bond acceptors (Lipinski definition) is 3. The summed E-state index contributed by atoms with van der Waals surface area (Å²) in [7, 11) is 0. The van der Waals surface area contributed by atoms with Crippen LogP contribution in [0.25, 0.3) is 0 Å². The van der Waals surface area contributed by atoms with Crippen LogP contribution in [0.5, 0.6) is 5.75 Å². The zero-order valence-corrected chi connectivity index (χ0v) is 12.4. The van der Waals surface area contributed by atoms with Crippen LogP contribution in [0.15, 0.2) is 24.3 Å². The van der Waals surface area contributed by atoms with Crippen LogP contribution in [0.2, 0.25) is 5.02 Å². The monoisotopic (exact) mass is 302 g/mol. The fourth-order valence-corrected chi connectivity index (χ4v) is 1.95. The first-order chi connectivity index (χ1) is 9.09. The highest BCUT2D eigenvalue weighted by Gasteiger charge is 2.10. The Hall–Kier alpha value is -0.870. The summed E-state index contributed by atoms with van der Waals surface area (Å²) in [6.07, 6.45) is 4.52. The van der Waals surface area contributed by atoms with E-state index in [1.807, 2.05) is 12.1 Å². The molecule has 1 N–H and O–H groups in total. The maximum absolute atomic E-state index is 10.5. The van der Waals surface area contributed by atoms with Gasteiger partial charge in [-0.15, -0.1) is 0 Å². The lowest BCUT2D eigenvalue weighted by Crippen LogP contribution is -2.12. The highest BCUT2D eigenvalue weighted by molar-refractivity contribution is 7.81. The summed E-state index contributed by atoms with van der Waals surface area (Å²) >= 11 is 9.76. The first kappa shape index (κ1) is 16.2. The Morgan fingerprint density at radius 3 is 2.47 bits per heavy atom. The summed E-state index contributed by atoms with van der Waals surface area (Å²) in [5.41, 5.74) is 0. The van der Waals surface area contributed by atoms with Crippen molar-refractivity contribution in [1.29, 1.82) is 0 Å². The van der Waals surface area contributed by atoms with Crippen LogP contribution in [-0.4, -0.2) is 22.9 Å². The Morgan fingerprint density at radius 1 is 1.21 bits per heavy atom. The van der Waals surface area contributed by atoms with Crippen molar-refractivity contribution in [2.45, 2.75) is 37.4 Å². The molecule has 0 spiro atoms. The van der Waals surface area contributed by atoms with Crippen LogP contribution in [0, 0.1) is 0 Å². The molecule has 0 saturated heterocycles. The first-order valence-corrected chi connectivity index (χ1v) is 7.28. The molecule has 0 aliphatic rings. The largest absolute Gasteiger partial charge is 0.494 e. The van der Waals surface area contributed by atoms with Crippen molar-refractivity contribution in [1.82, 2.24) is 0 Å². The van der Waals surface area contributed by atoms with Gasteiger partial charge in [-0.3, -0.25) is 4.79 Å². The van der Waals surface area contributed by atoms with E-state index in [2.05, 4.69) is 12.6 Å². The van der Waals surface area contributed by atoms with Crippen LogP contribution in [-0.2, 0) is 4.79 Å². The minimum Gasteiger partial charge on any atom is -0.494 e. The topological polar surface area (TPSA) is 46.5 Å². The molecule has 0 bridgehead atoms. The minimum atomic E-state index is -0.839. The number of carboxylic acids is 1. The van der Waals surface area contributed by atoms with E-state index in [1.165, 1.54) is 0 Å². The Kier molecular flexibility index (Phi) is 7.75. The van der Waals surface area contributed by atoms with Gasteiger partial charge in [0.2, 0.25) is 0 Å². The summed E-state index contributed by atoms with van der Waals surface area (Å²) in [6.45, 7) is 0.671. The molecular weight excluding hydrogens is 284 g/mol. The van der Waals surface area contributed by atoms with E-state index in [9.17, 15) is 4.79 Å². The number of halogens is 1. The van der Waals surface area contributed by atoms with Crippen LogP contribution >= 0.6 is 24.2 Å². The van der Waals surface area contributed by atoms with Crippen molar-refractivity contribution in [3.63, 3.8) is 0 Å². The molecule has 1 aromatic rings. The normalized spacial score (nSPS) is 12.1. The molecule has 1 unspecified atom stereocenters. The van der Waals surface area contributed by atoms with Crippen molar-refractivity contribution < 1.29 is 14.6 Å². The van der Waals surface area contributed by atoms with Gasteiger partial charge in [-0.05, 0) is 37.1 Å². The van der Waals surface area contributed by atoms with Gasteiger partial charge in [-0.25, -0.2) is 0 Å². The number of benzene rings is 1. The second-order valence-electron chi connectivity index (χ2n) is 4.36. The summed E-state index contributed by atoms with van der Waals surface area (Å²) < 4.78 is 5.56. The van der Waals surface area contributed by atoms with Gasteiger partial charge < -0.3 is 9.84 Å². The summed E-state index contributed by atoms with van der Waals surface area (Å²) in [6, 6.07) is 7.30. The summed E-state index contributed by atoms with van der Waals surface area (Å²) in [4.78, 5) is 10.5. The molecule has 0 heterocycles.